The molecule has 3 rings (SSSR count). The molecule has 0 aliphatic heterocycles. The van der Waals surface area contributed by atoms with E-state index < -0.39 is 17.8 Å². The lowest BCUT2D eigenvalue weighted by Gasteiger charge is -2.31. The van der Waals surface area contributed by atoms with Crippen molar-refractivity contribution in [3.8, 4) is 5.75 Å². The molecule has 1 N–H and O–H groups in total. The molecule has 7 heteroatoms. The van der Waals surface area contributed by atoms with Crippen LogP contribution < -0.4 is 10.1 Å². The number of halogens is 2. The normalized spacial score (nSPS) is 11.5. The zero-order chi connectivity index (χ0) is 22.9. The summed E-state index contributed by atoms with van der Waals surface area (Å²) in [6.07, 6.45) is 0.279. The van der Waals surface area contributed by atoms with Gasteiger partial charge in [0.15, 0.2) is 6.61 Å². The Kier molecular flexibility index (Phi) is 8.22. The van der Waals surface area contributed by atoms with Gasteiger partial charge in [-0.15, -0.1) is 0 Å². The number of nitrogens with one attached hydrogen (secondary N) is 1. The van der Waals surface area contributed by atoms with Gasteiger partial charge in [0.05, 0.1) is 0 Å². The molecule has 3 aromatic carbocycles. The van der Waals surface area contributed by atoms with E-state index in [0.29, 0.717) is 16.3 Å². The monoisotopic (exact) mass is 454 g/mol. The first kappa shape index (κ1) is 23.3. The molecular formula is C25H24ClFN2O3. The lowest BCUT2D eigenvalue weighted by molar-refractivity contribution is -0.142. The summed E-state index contributed by atoms with van der Waals surface area (Å²) in [6, 6.07) is 21.3. The number of nitrogens with zero attached hydrogens (tertiary/aromatic N) is 1. The van der Waals surface area contributed by atoms with Gasteiger partial charge in [-0.25, -0.2) is 4.39 Å². The first-order chi connectivity index (χ1) is 15.5. The predicted octanol–water partition coefficient (Wildman–Crippen LogP) is 4.24. The van der Waals surface area contributed by atoms with Gasteiger partial charge in [-0.05, 0) is 35.9 Å². The molecule has 0 radical (unpaired) electrons. The van der Waals surface area contributed by atoms with E-state index in [-0.39, 0.29) is 25.5 Å². The lowest BCUT2D eigenvalue weighted by atomic mass is 10.0. The largest absolute Gasteiger partial charge is 0.484 e. The average Bonchev–Trinajstić information content (AvgIpc) is 2.82. The number of likely N-dealkylation sites (N-methyl/N-ethyl adjacent to an activating group) is 1. The fraction of sp³-hybridized carbons (Fsp3) is 0.200. The van der Waals surface area contributed by atoms with Crippen molar-refractivity contribution in [3.63, 3.8) is 0 Å². The van der Waals surface area contributed by atoms with E-state index >= 15 is 0 Å². The summed E-state index contributed by atoms with van der Waals surface area (Å²) < 4.78 is 20.0. The second kappa shape index (κ2) is 11.3. The number of rotatable bonds is 9. The van der Waals surface area contributed by atoms with Crippen molar-refractivity contribution in [1.29, 1.82) is 0 Å². The minimum atomic E-state index is -0.844. The molecule has 0 aromatic heterocycles. The fourth-order valence-corrected chi connectivity index (χ4v) is 3.42. The molecule has 32 heavy (non-hydrogen) atoms. The van der Waals surface area contributed by atoms with E-state index in [0.717, 1.165) is 5.56 Å². The van der Waals surface area contributed by atoms with Gasteiger partial charge < -0.3 is 15.0 Å². The summed E-state index contributed by atoms with van der Waals surface area (Å²) in [5, 5.41) is 3.17. The molecule has 0 unspecified atom stereocenters. The predicted molar refractivity (Wildman–Crippen MR) is 122 cm³/mol. The van der Waals surface area contributed by atoms with Crippen LogP contribution in [0.1, 0.15) is 11.1 Å². The first-order valence-corrected chi connectivity index (χ1v) is 10.5. The lowest BCUT2D eigenvalue weighted by Crippen LogP contribution is -2.51. The molecule has 3 aromatic rings. The molecule has 2 amide bonds. The van der Waals surface area contributed by atoms with Crippen LogP contribution in [-0.4, -0.2) is 36.4 Å². The van der Waals surface area contributed by atoms with Crippen LogP contribution in [0.3, 0.4) is 0 Å². The van der Waals surface area contributed by atoms with Gasteiger partial charge in [0.1, 0.15) is 17.6 Å². The molecule has 166 valence electrons. The highest BCUT2D eigenvalue weighted by atomic mass is 35.5. The van der Waals surface area contributed by atoms with Crippen molar-refractivity contribution in [1.82, 2.24) is 10.2 Å². The molecular weight excluding hydrogens is 431 g/mol. The van der Waals surface area contributed by atoms with Crippen LogP contribution in [0.4, 0.5) is 4.39 Å². The van der Waals surface area contributed by atoms with Crippen LogP contribution in [-0.2, 0) is 22.6 Å². The second-order valence-electron chi connectivity index (χ2n) is 7.18. The number of benzene rings is 3. The number of carbonyl (C=O) groups is 2. The van der Waals surface area contributed by atoms with E-state index in [2.05, 4.69) is 5.32 Å². The van der Waals surface area contributed by atoms with Crippen molar-refractivity contribution >= 4 is 23.4 Å². The highest BCUT2D eigenvalue weighted by Gasteiger charge is 2.30. The van der Waals surface area contributed by atoms with Gasteiger partial charge in [0, 0.05) is 30.6 Å². The third-order valence-corrected chi connectivity index (χ3v) is 5.24. The second-order valence-corrected chi connectivity index (χ2v) is 7.61. The number of hydrogen-bond acceptors (Lipinski definition) is 3. The Morgan fingerprint density at radius 3 is 2.31 bits per heavy atom. The van der Waals surface area contributed by atoms with Crippen molar-refractivity contribution in [2.24, 2.45) is 0 Å². The quantitative estimate of drug-likeness (QED) is 0.526. The zero-order valence-electron chi connectivity index (χ0n) is 17.6. The SMILES string of the molecule is CNC(=O)[C@H](Cc1ccccc1)N(Cc1ccccc1F)C(=O)COc1ccc(Cl)cc1. The zero-order valence-corrected chi connectivity index (χ0v) is 18.4. The van der Waals surface area contributed by atoms with E-state index in [9.17, 15) is 14.0 Å². The third kappa shape index (κ3) is 6.31. The van der Waals surface area contributed by atoms with Crippen LogP contribution in [0.15, 0.2) is 78.9 Å². The molecule has 0 fully saturated rings. The van der Waals surface area contributed by atoms with Gasteiger partial charge in [-0.1, -0.05) is 60.1 Å². The minimum absolute atomic E-state index is 0.0690. The Morgan fingerprint density at radius 1 is 1.00 bits per heavy atom. The van der Waals surface area contributed by atoms with Crippen LogP contribution in [0, 0.1) is 5.82 Å². The molecule has 0 heterocycles. The Balaban J connectivity index is 1.87. The minimum Gasteiger partial charge on any atom is -0.484 e. The summed E-state index contributed by atoms with van der Waals surface area (Å²) in [6.45, 7) is -0.376. The number of carbonyl (C=O) groups excluding carboxylic acids is 2. The molecule has 0 bridgehead atoms. The van der Waals surface area contributed by atoms with Crippen LogP contribution >= 0.6 is 11.6 Å². The van der Waals surface area contributed by atoms with Crippen molar-refractivity contribution in [2.45, 2.75) is 19.0 Å². The highest BCUT2D eigenvalue weighted by Crippen LogP contribution is 2.19. The molecule has 0 spiro atoms. The van der Waals surface area contributed by atoms with Crippen LogP contribution in [0.25, 0.3) is 0 Å². The van der Waals surface area contributed by atoms with Crippen molar-refractivity contribution in [2.75, 3.05) is 13.7 Å². The topological polar surface area (TPSA) is 58.6 Å². The van der Waals surface area contributed by atoms with E-state index in [1.165, 1.54) is 18.0 Å². The molecule has 0 aliphatic rings. The summed E-state index contributed by atoms with van der Waals surface area (Å²) >= 11 is 5.89. The average molecular weight is 455 g/mol. The summed E-state index contributed by atoms with van der Waals surface area (Å²) in [4.78, 5) is 27.4. The Morgan fingerprint density at radius 2 is 1.66 bits per heavy atom. The Hall–Kier alpha value is -3.38. The summed E-state index contributed by atoms with van der Waals surface area (Å²) in [5.41, 5.74) is 1.19. The molecule has 0 saturated heterocycles. The van der Waals surface area contributed by atoms with Gasteiger partial charge >= 0.3 is 0 Å². The van der Waals surface area contributed by atoms with Crippen molar-refractivity contribution in [3.05, 3.63) is 101 Å². The molecule has 0 saturated carbocycles. The molecule has 1 atom stereocenters. The standard InChI is InChI=1S/C25H24ClFN2O3/c1-28-25(31)23(15-18-7-3-2-4-8-18)29(16-19-9-5-6-10-22(19)27)24(30)17-32-21-13-11-20(26)12-14-21/h2-14,23H,15-17H2,1H3,(H,28,31)/t23-/m0/s1. The van der Waals surface area contributed by atoms with Gasteiger partial charge in [-0.3, -0.25) is 9.59 Å². The van der Waals surface area contributed by atoms with E-state index in [1.807, 2.05) is 30.3 Å². The van der Waals surface area contributed by atoms with Gasteiger partial charge in [-0.2, -0.15) is 0 Å². The maximum Gasteiger partial charge on any atom is 0.261 e. The van der Waals surface area contributed by atoms with Gasteiger partial charge in [0.25, 0.3) is 5.91 Å². The smallest absolute Gasteiger partial charge is 0.261 e. The Bertz CT molecular complexity index is 1040. The highest BCUT2D eigenvalue weighted by molar-refractivity contribution is 6.30. The summed E-state index contributed by atoms with van der Waals surface area (Å²) in [7, 11) is 1.51. The Labute approximate surface area is 191 Å². The molecule has 5 nitrogen and oxygen atoms in total. The van der Waals surface area contributed by atoms with E-state index in [4.69, 9.17) is 16.3 Å². The van der Waals surface area contributed by atoms with E-state index in [1.54, 1.807) is 42.5 Å². The first-order valence-electron chi connectivity index (χ1n) is 10.1. The van der Waals surface area contributed by atoms with Crippen LogP contribution in [0.5, 0.6) is 5.75 Å². The number of hydrogen-bond donors (Lipinski definition) is 1. The third-order valence-electron chi connectivity index (χ3n) is 4.99. The molecule has 0 aliphatic carbocycles. The summed E-state index contributed by atoms with van der Waals surface area (Å²) in [5.74, 6) is -0.759. The number of amides is 2. The van der Waals surface area contributed by atoms with Crippen LogP contribution in [0.2, 0.25) is 5.02 Å². The van der Waals surface area contributed by atoms with Gasteiger partial charge in [0.2, 0.25) is 5.91 Å². The fourth-order valence-electron chi connectivity index (χ4n) is 3.29. The maximum absolute atomic E-state index is 14.4. The number of ether oxygens (including phenoxy) is 1. The van der Waals surface area contributed by atoms with Crippen molar-refractivity contribution < 1.29 is 18.7 Å². The maximum atomic E-state index is 14.4.